The van der Waals surface area contributed by atoms with E-state index in [1.807, 2.05) is 59.2 Å². The van der Waals surface area contributed by atoms with E-state index < -0.39 is 0 Å². The van der Waals surface area contributed by atoms with Gasteiger partial charge in [-0.3, -0.25) is 9.59 Å². The molecule has 1 N–H and O–H groups in total. The molecular formula is C23H24ClN3O2. The maximum atomic E-state index is 13.5. The summed E-state index contributed by atoms with van der Waals surface area (Å²) in [6.45, 7) is 1.59. The zero-order chi connectivity index (χ0) is 20.4. The number of nitrogens with one attached hydrogen (secondary N) is 1. The number of piperidine rings is 1. The fourth-order valence-corrected chi connectivity index (χ4v) is 4.37. The Balaban J connectivity index is 1.97. The number of para-hydroxylation sites is 2. The lowest BCUT2D eigenvalue weighted by Crippen LogP contribution is -2.33. The van der Waals surface area contributed by atoms with Crippen molar-refractivity contribution in [1.82, 2.24) is 14.3 Å². The first kappa shape index (κ1) is 19.7. The SMILES string of the molecule is CNC(=O)c1c(CC2CCN(Cl)CC2)c(=O)c2ccccc2n1-c1ccccc1. The number of pyridine rings is 1. The lowest BCUT2D eigenvalue weighted by Gasteiger charge is -2.28. The summed E-state index contributed by atoms with van der Waals surface area (Å²) in [6.07, 6.45) is 2.40. The Morgan fingerprint density at radius 2 is 1.72 bits per heavy atom. The molecule has 0 bridgehead atoms. The molecule has 29 heavy (non-hydrogen) atoms. The van der Waals surface area contributed by atoms with Crippen molar-refractivity contribution in [3.63, 3.8) is 0 Å². The van der Waals surface area contributed by atoms with Gasteiger partial charge in [0.25, 0.3) is 5.91 Å². The molecule has 1 aliphatic heterocycles. The molecule has 1 aromatic heterocycles. The summed E-state index contributed by atoms with van der Waals surface area (Å²) in [4.78, 5) is 26.5. The Kier molecular flexibility index (Phi) is 5.69. The molecule has 6 heteroatoms. The van der Waals surface area contributed by atoms with E-state index in [-0.39, 0.29) is 11.3 Å². The lowest BCUT2D eigenvalue weighted by molar-refractivity contribution is 0.0954. The van der Waals surface area contributed by atoms with Gasteiger partial charge in [0.2, 0.25) is 0 Å². The predicted octanol–water partition coefficient (Wildman–Crippen LogP) is 3.76. The summed E-state index contributed by atoms with van der Waals surface area (Å²) >= 11 is 6.11. The number of carbonyl (C=O) groups is 1. The molecule has 150 valence electrons. The van der Waals surface area contributed by atoms with E-state index in [0.717, 1.165) is 37.1 Å². The van der Waals surface area contributed by atoms with Crippen LogP contribution in [0.25, 0.3) is 16.6 Å². The van der Waals surface area contributed by atoms with Crippen LogP contribution in [-0.4, -0.2) is 35.0 Å². The monoisotopic (exact) mass is 409 g/mol. The highest BCUT2D eigenvalue weighted by atomic mass is 35.5. The van der Waals surface area contributed by atoms with Gasteiger partial charge in [0.1, 0.15) is 5.69 Å². The molecule has 4 rings (SSSR count). The number of nitrogens with zero attached hydrogens (tertiary/aromatic N) is 2. The molecule has 1 amide bonds. The average molecular weight is 410 g/mol. The molecule has 0 atom stereocenters. The second-order valence-corrected chi connectivity index (χ2v) is 7.96. The Labute approximate surface area is 175 Å². The highest BCUT2D eigenvalue weighted by Gasteiger charge is 2.26. The number of benzene rings is 2. The van der Waals surface area contributed by atoms with Crippen molar-refractivity contribution < 1.29 is 4.79 Å². The number of rotatable bonds is 4. The molecule has 1 fully saturated rings. The van der Waals surface area contributed by atoms with Crippen LogP contribution >= 0.6 is 11.8 Å². The normalized spacial score (nSPS) is 15.5. The van der Waals surface area contributed by atoms with E-state index in [9.17, 15) is 9.59 Å². The minimum Gasteiger partial charge on any atom is -0.354 e. The summed E-state index contributed by atoms with van der Waals surface area (Å²) < 4.78 is 3.71. The first-order valence-electron chi connectivity index (χ1n) is 9.95. The van der Waals surface area contributed by atoms with Gasteiger partial charge in [0, 0.05) is 36.8 Å². The number of carbonyl (C=O) groups excluding carboxylic acids is 1. The molecule has 0 unspecified atom stereocenters. The summed E-state index contributed by atoms with van der Waals surface area (Å²) in [5, 5.41) is 3.37. The van der Waals surface area contributed by atoms with Gasteiger partial charge in [-0.2, -0.15) is 0 Å². The number of fused-ring (bicyclic) bond motifs is 1. The second kappa shape index (κ2) is 8.39. The Hall–Kier alpha value is -2.63. The maximum absolute atomic E-state index is 13.5. The van der Waals surface area contributed by atoms with Crippen LogP contribution in [0.1, 0.15) is 28.9 Å². The van der Waals surface area contributed by atoms with Gasteiger partial charge in [-0.1, -0.05) is 30.3 Å². The largest absolute Gasteiger partial charge is 0.354 e. The predicted molar refractivity (Wildman–Crippen MR) is 117 cm³/mol. The highest BCUT2D eigenvalue weighted by molar-refractivity contribution is 6.13. The van der Waals surface area contributed by atoms with Crippen molar-refractivity contribution in [2.75, 3.05) is 20.1 Å². The Morgan fingerprint density at radius 1 is 1.07 bits per heavy atom. The molecule has 0 aliphatic carbocycles. The van der Waals surface area contributed by atoms with E-state index in [1.54, 1.807) is 11.5 Å². The maximum Gasteiger partial charge on any atom is 0.268 e. The molecule has 0 spiro atoms. The van der Waals surface area contributed by atoms with E-state index in [0.29, 0.717) is 29.0 Å². The van der Waals surface area contributed by atoms with Crippen LogP contribution in [-0.2, 0) is 6.42 Å². The van der Waals surface area contributed by atoms with Crippen molar-refractivity contribution in [2.45, 2.75) is 19.3 Å². The van der Waals surface area contributed by atoms with Crippen LogP contribution in [0.3, 0.4) is 0 Å². The molecule has 0 radical (unpaired) electrons. The van der Waals surface area contributed by atoms with Crippen LogP contribution < -0.4 is 10.7 Å². The third-order valence-electron chi connectivity index (χ3n) is 5.68. The van der Waals surface area contributed by atoms with Gasteiger partial charge < -0.3 is 9.88 Å². The number of amides is 1. The van der Waals surface area contributed by atoms with Crippen molar-refractivity contribution in [1.29, 1.82) is 0 Å². The van der Waals surface area contributed by atoms with Crippen molar-refractivity contribution in [3.8, 4) is 5.69 Å². The van der Waals surface area contributed by atoms with Crippen LogP contribution in [0.15, 0.2) is 59.4 Å². The number of hydrogen-bond acceptors (Lipinski definition) is 3. The van der Waals surface area contributed by atoms with Crippen LogP contribution in [0.5, 0.6) is 0 Å². The highest BCUT2D eigenvalue weighted by Crippen LogP contribution is 2.27. The minimum atomic E-state index is -0.249. The number of aromatic nitrogens is 1. The Bertz CT molecular complexity index is 1090. The molecule has 2 heterocycles. The number of halogens is 1. The van der Waals surface area contributed by atoms with Crippen molar-refractivity contribution in [2.24, 2.45) is 5.92 Å². The number of hydrogen-bond donors (Lipinski definition) is 1. The Morgan fingerprint density at radius 3 is 2.41 bits per heavy atom. The van der Waals surface area contributed by atoms with Gasteiger partial charge in [-0.25, -0.2) is 4.42 Å². The van der Waals surface area contributed by atoms with Gasteiger partial charge in [-0.05, 0) is 61.2 Å². The zero-order valence-electron chi connectivity index (χ0n) is 16.4. The fraction of sp³-hybridized carbons (Fsp3) is 0.304. The van der Waals surface area contributed by atoms with Crippen molar-refractivity contribution >= 4 is 28.6 Å². The van der Waals surface area contributed by atoms with E-state index >= 15 is 0 Å². The second-order valence-electron chi connectivity index (χ2n) is 7.48. The lowest BCUT2D eigenvalue weighted by atomic mass is 9.89. The van der Waals surface area contributed by atoms with Crippen LogP contribution in [0, 0.1) is 5.92 Å². The van der Waals surface area contributed by atoms with Crippen molar-refractivity contribution in [3.05, 3.63) is 76.1 Å². The molecular weight excluding hydrogens is 386 g/mol. The average Bonchev–Trinajstić information content (AvgIpc) is 2.77. The standard InChI is InChI=1S/C23H24ClN3O2/c1-25-23(29)21-19(15-16-11-13-26(24)14-12-16)22(28)18-9-5-6-10-20(18)27(21)17-7-3-2-4-8-17/h2-10,16H,11-15H2,1H3,(H,25,29). The molecule has 1 aliphatic rings. The summed E-state index contributed by atoms with van der Waals surface area (Å²) in [7, 11) is 1.60. The minimum absolute atomic E-state index is 0.0558. The van der Waals surface area contributed by atoms with E-state index in [2.05, 4.69) is 5.32 Å². The van der Waals surface area contributed by atoms with Gasteiger partial charge in [0.15, 0.2) is 5.43 Å². The topological polar surface area (TPSA) is 54.3 Å². The quantitative estimate of drug-likeness (QED) is 0.667. The summed E-state index contributed by atoms with van der Waals surface area (Å²) in [5.41, 5.74) is 2.55. The van der Waals surface area contributed by atoms with Gasteiger partial charge in [-0.15, -0.1) is 0 Å². The summed E-state index contributed by atoms with van der Waals surface area (Å²) in [5.74, 6) is 0.0768. The molecule has 2 aromatic carbocycles. The third kappa shape index (κ3) is 3.80. The first-order chi connectivity index (χ1) is 14.1. The smallest absolute Gasteiger partial charge is 0.268 e. The van der Waals surface area contributed by atoms with E-state index in [1.165, 1.54) is 0 Å². The van der Waals surface area contributed by atoms with Gasteiger partial charge in [0.05, 0.1) is 5.52 Å². The molecule has 3 aromatic rings. The van der Waals surface area contributed by atoms with Crippen LogP contribution in [0.4, 0.5) is 0 Å². The van der Waals surface area contributed by atoms with Crippen LogP contribution in [0.2, 0.25) is 0 Å². The molecule has 0 saturated carbocycles. The third-order valence-corrected chi connectivity index (χ3v) is 6.02. The molecule has 5 nitrogen and oxygen atoms in total. The first-order valence-corrected chi connectivity index (χ1v) is 10.3. The fourth-order valence-electron chi connectivity index (χ4n) is 4.17. The molecule has 1 saturated heterocycles. The zero-order valence-corrected chi connectivity index (χ0v) is 17.2. The van der Waals surface area contributed by atoms with E-state index in [4.69, 9.17) is 11.8 Å². The van der Waals surface area contributed by atoms with Gasteiger partial charge >= 0.3 is 0 Å². The summed E-state index contributed by atoms with van der Waals surface area (Å²) in [6, 6.07) is 17.2.